The van der Waals surface area contributed by atoms with Gasteiger partial charge in [0.15, 0.2) is 5.58 Å². The van der Waals surface area contributed by atoms with Gasteiger partial charge in [0.1, 0.15) is 23.5 Å². The topological polar surface area (TPSA) is 97.3 Å². The minimum Gasteiger partial charge on any atom is -0.454 e. The number of hydrogen-bond donors (Lipinski definition) is 2. The lowest BCUT2D eigenvalue weighted by molar-refractivity contribution is 0.102. The summed E-state index contributed by atoms with van der Waals surface area (Å²) in [5, 5.41) is 4.77. The first kappa shape index (κ1) is 23.3. The molecule has 2 heterocycles. The van der Waals surface area contributed by atoms with Crippen LogP contribution in [0.1, 0.15) is 15.9 Å². The van der Waals surface area contributed by atoms with Crippen LogP contribution in [0.25, 0.3) is 21.9 Å². The van der Waals surface area contributed by atoms with E-state index in [0.717, 1.165) is 33.3 Å². The van der Waals surface area contributed by atoms with Crippen LogP contribution in [0, 0.1) is 5.82 Å². The van der Waals surface area contributed by atoms with Gasteiger partial charge >= 0.3 is 0 Å². The van der Waals surface area contributed by atoms with Crippen LogP contribution < -0.4 is 16.0 Å². The third kappa shape index (κ3) is 4.23. The van der Waals surface area contributed by atoms with Crippen LogP contribution >= 0.6 is 0 Å². The Kier molecular flexibility index (Phi) is 5.99. The summed E-state index contributed by atoms with van der Waals surface area (Å²) < 4.78 is 20.7. The molecule has 2 aromatic heterocycles. The lowest BCUT2D eigenvalue weighted by Crippen LogP contribution is -2.15. The summed E-state index contributed by atoms with van der Waals surface area (Å²) in [6, 6.07) is 27.3. The number of nitrogens with two attached hydrogens (primary N) is 1. The molecule has 0 radical (unpaired) electrons. The monoisotopic (exact) mass is 503 g/mol. The van der Waals surface area contributed by atoms with Gasteiger partial charge in [-0.2, -0.15) is 0 Å². The van der Waals surface area contributed by atoms with Crippen molar-refractivity contribution in [1.29, 1.82) is 0 Å². The first-order chi connectivity index (χ1) is 18.6. The molecule has 0 unspecified atom stereocenters. The van der Waals surface area contributed by atoms with Crippen molar-refractivity contribution in [3.05, 3.63) is 120 Å². The minimum atomic E-state index is -0.615. The van der Waals surface area contributed by atoms with E-state index in [9.17, 15) is 9.18 Å². The fourth-order valence-corrected chi connectivity index (χ4v) is 4.48. The summed E-state index contributed by atoms with van der Waals surface area (Å²) in [4.78, 5) is 23.2. The molecular formula is C30H22FN5O2. The summed E-state index contributed by atoms with van der Waals surface area (Å²) in [5.41, 5.74) is 9.75. The first-order valence-corrected chi connectivity index (χ1v) is 12.0. The molecule has 6 aromatic rings. The Hall–Kier alpha value is -5.08. The standard InChI is InChI=1S/C30H22FN5O2/c31-25-16-19(17-32)8-13-24(25)30(37)35-20-9-11-21(12-10-20)36(28-14-15-33-18-34-28)26-6-3-5-23-22-4-1-2-7-27(22)38-29(23)26/h1-16,18H,17,32H2,(H,35,37). The van der Waals surface area contributed by atoms with Crippen LogP contribution in [0.4, 0.5) is 27.3 Å². The normalized spacial score (nSPS) is 11.1. The highest BCUT2D eigenvalue weighted by atomic mass is 19.1. The Morgan fingerprint density at radius 2 is 1.76 bits per heavy atom. The van der Waals surface area contributed by atoms with Crippen LogP contribution in [0.15, 0.2) is 108 Å². The van der Waals surface area contributed by atoms with Gasteiger partial charge in [0, 0.05) is 34.9 Å². The summed E-state index contributed by atoms with van der Waals surface area (Å²) in [6.45, 7) is 0.199. The van der Waals surface area contributed by atoms with Crippen molar-refractivity contribution in [3.8, 4) is 0 Å². The number of aromatic nitrogens is 2. The van der Waals surface area contributed by atoms with Gasteiger partial charge in [0.25, 0.3) is 5.91 Å². The predicted octanol–water partition coefficient (Wildman–Crippen LogP) is 6.70. The van der Waals surface area contributed by atoms with Crippen LogP contribution in [0.5, 0.6) is 0 Å². The summed E-state index contributed by atoms with van der Waals surface area (Å²) >= 11 is 0. The van der Waals surface area contributed by atoms with E-state index < -0.39 is 11.7 Å². The van der Waals surface area contributed by atoms with E-state index in [0.29, 0.717) is 17.1 Å². The first-order valence-electron chi connectivity index (χ1n) is 12.0. The number of hydrogen-bond acceptors (Lipinski definition) is 6. The Morgan fingerprint density at radius 3 is 2.53 bits per heavy atom. The fraction of sp³-hybridized carbons (Fsp3) is 0.0333. The molecule has 0 aliphatic heterocycles. The lowest BCUT2D eigenvalue weighted by Gasteiger charge is -2.24. The molecule has 0 atom stereocenters. The lowest BCUT2D eigenvalue weighted by atomic mass is 10.1. The van der Waals surface area contributed by atoms with Crippen molar-refractivity contribution < 1.29 is 13.6 Å². The zero-order valence-electron chi connectivity index (χ0n) is 20.1. The van der Waals surface area contributed by atoms with E-state index in [2.05, 4.69) is 15.3 Å². The van der Waals surface area contributed by atoms with Crippen molar-refractivity contribution in [2.24, 2.45) is 5.73 Å². The average Bonchev–Trinajstić information content (AvgIpc) is 3.34. The highest BCUT2D eigenvalue weighted by Crippen LogP contribution is 2.41. The minimum absolute atomic E-state index is 0.0505. The van der Waals surface area contributed by atoms with Gasteiger partial charge in [0.2, 0.25) is 0 Å². The molecule has 7 nitrogen and oxygen atoms in total. The van der Waals surface area contributed by atoms with Crippen LogP contribution in [-0.4, -0.2) is 15.9 Å². The van der Waals surface area contributed by atoms with E-state index in [4.69, 9.17) is 10.2 Å². The number of rotatable bonds is 6. The van der Waals surface area contributed by atoms with Gasteiger partial charge in [-0.1, -0.05) is 36.4 Å². The molecule has 0 bridgehead atoms. The molecule has 0 aliphatic rings. The number of halogens is 1. The maximum atomic E-state index is 14.4. The molecular weight excluding hydrogens is 481 g/mol. The molecule has 8 heteroatoms. The molecule has 1 amide bonds. The van der Waals surface area contributed by atoms with Crippen LogP contribution in [0.2, 0.25) is 0 Å². The van der Waals surface area contributed by atoms with Crippen LogP contribution in [0.3, 0.4) is 0 Å². The molecule has 0 saturated heterocycles. The molecule has 0 aliphatic carbocycles. The number of anilines is 4. The molecule has 38 heavy (non-hydrogen) atoms. The summed E-state index contributed by atoms with van der Waals surface area (Å²) in [7, 11) is 0. The van der Waals surface area contributed by atoms with Crippen molar-refractivity contribution in [1.82, 2.24) is 9.97 Å². The second-order valence-corrected chi connectivity index (χ2v) is 8.67. The average molecular weight is 504 g/mol. The second kappa shape index (κ2) is 9.76. The number of nitrogens with zero attached hydrogens (tertiary/aromatic N) is 3. The molecule has 186 valence electrons. The van der Waals surface area contributed by atoms with E-state index in [1.54, 1.807) is 24.4 Å². The highest BCUT2D eigenvalue weighted by molar-refractivity contribution is 6.10. The molecule has 0 spiro atoms. The summed E-state index contributed by atoms with van der Waals surface area (Å²) in [6.07, 6.45) is 3.16. The van der Waals surface area contributed by atoms with Gasteiger partial charge in [0.05, 0.1) is 11.3 Å². The van der Waals surface area contributed by atoms with Gasteiger partial charge in [-0.25, -0.2) is 14.4 Å². The quantitative estimate of drug-likeness (QED) is 0.263. The van der Waals surface area contributed by atoms with Crippen molar-refractivity contribution in [2.75, 3.05) is 10.2 Å². The third-order valence-corrected chi connectivity index (χ3v) is 6.32. The van der Waals surface area contributed by atoms with Crippen molar-refractivity contribution in [3.63, 3.8) is 0 Å². The van der Waals surface area contributed by atoms with E-state index in [1.807, 2.05) is 65.6 Å². The number of carbonyl (C=O) groups excluding carboxylic acids is 1. The largest absolute Gasteiger partial charge is 0.454 e. The Labute approximate surface area is 217 Å². The van der Waals surface area contributed by atoms with Crippen molar-refractivity contribution in [2.45, 2.75) is 6.54 Å². The molecule has 4 aromatic carbocycles. The third-order valence-electron chi connectivity index (χ3n) is 6.32. The summed E-state index contributed by atoms with van der Waals surface area (Å²) in [5.74, 6) is -0.513. The maximum Gasteiger partial charge on any atom is 0.258 e. The number of fused-ring (bicyclic) bond motifs is 3. The number of para-hydroxylation sites is 2. The second-order valence-electron chi connectivity index (χ2n) is 8.67. The zero-order chi connectivity index (χ0) is 26.1. The zero-order valence-corrected chi connectivity index (χ0v) is 20.1. The SMILES string of the molecule is NCc1ccc(C(=O)Nc2ccc(N(c3ccncn3)c3cccc4c3oc3ccccc34)cc2)c(F)c1. The molecule has 6 rings (SSSR count). The van der Waals surface area contributed by atoms with Gasteiger partial charge < -0.3 is 15.5 Å². The maximum absolute atomic E-state index is 14.4. The van der Waals surface area contributed by atoms with Gasteiger partial charge in [-0.05, 0) is 60.2 Å². The molecule has 0 saturated carbocycles. The Bertz CT molecular complexity index is 1770. The van der Waals surface area contributed by atoms with E-state index in [-0.39, 0.29) is 12.1 Å². The Morgan fingerprint density at radius 1 is 0.947 bits per heavy atom. The predicted molar refractivity (Wildman–Crippen MR) is 146 cm³/mol. The molecule has 3 N–H and O–H groups in total. The Balaban J connectivity index is 1.37. The number of carbonyl (C=O) groups is 1. The smallest absolute Gasteiger partial charge is 0.258 e. The molecule has 0 fully saturated rings. The number of nitrogens with one attached hydrogen (secondary N) is 1. The van der Waals surface area contributed by atoms with E-state index >= 15 is 0 Å². The highest BCUT2D eigenvalue weighted by Gasteiger charge is 2.20. The van der Waals surface area contributed by atoms with Gasteiger partial charge in [-0.15, -0.1) is 0 Å². The number of amides is 1. The van der Waals surface area contributed by atoms with Crippen molar-refractivity contribution >= 4 is 50.7 Å². The number of furan rings is 1. The van der Waals surface area contributed by atoms with E-state index in [1.165, 1.54) is 18.5 Å². The fourth-order valence-electron chi connectivity index (χ4n) is 4.48. The number of benzene rings is 4. The van der Waals surface area contributed by atoms with Crippen LogP contribution in [-0.2, 0) is 6.54 Å². The van der Waals surface area contributed by atoms with Gasteiger partial charge in [-0.3, -0.25) is 9.69 Å².